The predicted octanol–water partition coefficient (Wildman–Crippen LogP) is 3.72. The van der Waals surface area contributed by atoms with Crippen molar-refractivity contribution in [1.82, 2.24) is 15.2 Å². The second-order valence-electron chi connectivity index (χ2n) is 5.39. The van der Waals surface area contributed by atoms with E-state index >= 15 is 0 Å². The van der Waals surface area contributed by atoms with Crippen LogP contribution < -0.4 is 4.72 Å². The molecule has 0 aliphatic rings. The van der Waals surface area contributed by atoms with E-state index < -0.39 is 34.0 Å². The predicted molar refractivity (Wildman–Crippen MR) is 98.3 cm³/mol. The summed E-state index contributed by atoms with van der Waals surface area (Å²) in [6.45, 7) is 1.82. The minimum atomic E-state index is -1.53. The zero-order valence-corrected chi connectivity index (χ0v) is 15.9. The molecule has 10 heteroatoms. The standard InChI is InChI=1S/C16H13BrF2N4O2S/c1-2-5-26(25)23-11-4-3-10(18)12(13(11)19)15(24)14-9-6-8(17)7-20-16(9)22-21-14/h3-4,6-7,23H,2,5H2,1H3,(H,20,21,22). The number of nitrogens with one attached hydrogen (secondary N) is 2. The van der Waals surface area contributed by atoms with Gasteiger partial charge in [-0.05, 0) is 40.5 Å². The van der Waals surface area contributed by atoms with Crippen LogP contribution in [0.2, 0.25) is 0 Å². The molecule has 0 amide bonds. The monoisotopic (exact) mass is 442 g/mol. The van der Waals surface area contributed by atoms with Crippen LogP contribution in [0.1, 0.15) is 29.4 Å². The van der Waals surface area contributed by atoms with Crippen LogP contribution in [0.5, 0.6) is 0 Å². The molecule has 0 saturated carbocycles. The molecule has 26 heavy (non-hydrogen) atoms. The summed E-state index contributed by atoms with van der Waals surface area (Å²) in [4.78, 5) is 16.8. The molecule has 2 aromatic heterocycles. The van der Waals surface area contributed by atoms with E-state index in [-0.39, 0.29) is 17.0 Å². The average Bonchev–Trinajstić information content (AvgIpc) is 3.00. The van der Waals surface area contributed by atoms with Crippen LogP contribution in [-0.2, 0) is 11.0 Å². The third-order valence-corrected chi connectivity index (χ3v) is 5.20. The summed E-state index contributed by atoms with van der Waals surface area (Å²) >= 11 is 3.23. The van der Waals surface area contributed by atoms with Gasteiger partial charge in [0.05, 0.1) is 16.6 Å². The van der Waals surface area contributed by atoms with Crippen LogP contribution in [0.25, 0.3) is 11.0 Å². The molecule has 136 valence electrons. The Hall–Kier alpha value is -2.20. The van der Waals surface area contributed by atoms with Gasteiger partial charge in [0, 0.05) is 16.4 Å². The third kappa shape index (κ3) is 3.51. The van der Waals surface area contributed by atoms with E-state index in [0.29, 0.717) is 22.0 Å². The van der Waals surface area contributed by atoms with Gasteiger partial charge in [-0.3, -0.25) is 9.89 Å². The fraction of sp³-hybridized carbons (Fsp3) is 0.188. The van der Waals surface area contributed by atoms with Crippen LogP contribution in [0.3, 0.4) is 0 Å². The van der Waals surface area contributed by atoms with Crippen molar-refractivity contribution in [2.24, 2.45) is 0 Å². The largest absolute Gasteiger partial charge is 0.302 e. The number of H-pyrrole nitrogens is 1. The highest BCUT2D eigenvalue weighted by molar-refractivity contribution is 9.10. The Morgan fingerprint density at radius 2 is 2.15 bits per heavy atom. The van der Waals surface area contributed by atoms with Crippen LogP contribution in [0.15, 0.2) is 28.9 Å². The summed E-state index contributed by atoms with van der Waals surface area (Å²) in [7, 11) is -1.53. The summed E-state index contributed by atoms with van der Waals surface area (Å²) in [5.41, 5.74) is -0.798. The molecule has 3 aromatic rings. The Morgan fingerprint density at radius 1 is 1.38 bits per heavy atom. The molecule has 3 rings (SSSR count). The molecule has 1 unspecified atom stereocenters. The van der Waals surface area contributed by atoms with Gasteiger partial charge in [0.25, 0.3) is 0 Å². The lowest BCUT2D eigenvalue weighted by Crippen LogP contribution is -2.14. The van der Waals surface area contributed by atoms with Gasteiger partial charge in [-0.25, -0.2) is 18.0 Å². The summed E-state index contributed by atoms with van der Waals surface area (Å²) < 4.78 is 43.8. The average molecular weight is 443 g/mol. The zero-order valence-electron chi connectivity index (χ0n) is 13.5. The zero-order chi connectivity index (χ0) is 18.8. The number of pyridine rings is 1. The highest BCUT2D eigenvalue weighted by Crippen LogP contribution is 2.27. The molecule has 0 saturated heterocycles. The second-order valence-corrected chi connectivity index (χ2v) is 7.61. The molecule has 0 fully saturated rings. The van der Waals surface area contributed by atoms with E-state index in [2.05, 4.69) is 35.8 Å². The second kappa shape index (κ2) is 7.58. The third-order valence-electron chi connectivity index (χ3n) is 3.53. The van der Waals surface area contributed by atoms with Crippen LogP contribution in [0.4, 0.5) is 14.5 Å². The molecule has 2 N–H and O–H groups in total. The van der Waals surface area contributed by atoms with Crippen molar-refractivity contribution in [2.45, 2.75) is 13.3 Å². The Morgan fingerprint density at radius 3 is 2.88 bits per heavy atom. The van der Waals surface area contributed by atoms with E-state index in [4.69, 9.17) is 0 Å². The number of fused-ring (bicyclic) bond motifs is 1. The van der Waals surface area contributed by atoms with Gasteiger partial charge < -0.3 is 4.72 Å². The van der Waals surface area contributed by atoms with Crippen molar-refractivity contribution in [3.63, 3.8) is 0 Å². The maximum atomic E-state index is 14.7. The molecule has 0 spiro atoms. The summed E-state index contributed by atoms with van der Waals surface area (Å²) in [5, 5.41) is 6.68. The van der Waals surface area contributed by atoms with Crippen molar-refractivity contribution in [1.29, 1.82) is 0 Å². The number of hydrogen-bond donors (Lipinski definition) is 2. The van der Waals surface area contributed by atoms with Gasteiger partial charge in [-0.1, -0.05) is 6.92 Å². The van der Waals surface area contributed by atoms with Gasteiger partial charge in [-0.2, -0.15) is 5.10 Å². The number of aromatic nitrogens is 3. The van der Waals surface area contributed by atoms with Crippen molar-refractivity contribution in [3.05, 3.63) is 51.8 Å². The van der Waals surface area contributed by atoms with Crippen molar-refractivity contribution in [3.8, 4) is 0 Å². The van der Waals surface area contributed by atoms with E-state index in [1.807, 2.05) is 6.92 Å². The van der Waals surface area contributed by atoms with E-state index in [9.17, 15) is 17.8 Å². The van der Waals surface area contributed by atoms with Crippen molar-refractivity contribution < 1.29 is 17.8 Å². The maximum absolute atomic E-state index is 14.7. The smallest absolute Gasteiger partial charge is 0.217 e. The number of rotatable bonds is 6. The van der Waals surface area contributed by atoms with E-state index in [1.165, 1.54) is 6.20 Å². The fourth-order valence-corrected chi connectivity index (χ4v) is 3.58. The number of carbonyl (C=O) groups is 1. The first-order chi connectivity index (χ1) is 12.4. The Bertz CT molecular complexity index is 1020. The SMILES string of the molecule is CCCS(=O)Nc1ccc(F)c(C(=O)c2[nH]nc3ncc(Br)cc23)c1F. The minimum absolute atomic E-state index is 0.0848. The van der Waals surface area contributed by atoms with Crippen LogP contribution in [0, 0.1) is 11.6 Å². The van der Waals surface area contributed by atoms with Gasteiger partial charge in [0.1, 0.15) is 22.5 Å². The molecule has 1 atom stereocenters. The molecule has 0 aliphatic heterocycles. The fourth-order valence-electron chi connectivity index (χ4n) is 2.37. The number of halogens is 3. The first-order valence-electron chi connectivity index (χ1n) is 7.59. The molecular weight excluding hydrogens is 430 g/mol. The number of anilines is 1. The summed E-state index contributed by atoms with van der Waals surface area (Å²) in [5.74, 6) is -2.74. The van der Waals surface area contributed by atoms with Crippen LogP contribution in [-0.4, -0.2) is 30.9 Å². The topological polar surface area (TPSA) is 87.7 Å². The quantitative estimate of drug-likeness (QED) is 0.569. The molecule has 0 bridgehead atoms. The molecule has 1 aromatic carbocycles. The molecule has 6 nitrogen and oxygen atoms in total. The Labute approximate surface area is 158 Å². The first-order valence-corrected chi connectivity index (χ1v) is 9.71. The van der Waals surface area contributed by atoms with Gasteiger partial charge in [-0.15, -0.1) is 0 Å². The lowest BCUT2D eigenvalue weighted by Gasteiger charge is -2.10. The molecule has 0 aliphatic carbocycles. The highest BCUT2D eigenvalue weighted by atomic mass is 79.9. The van der Waals surface area contributed by atoms with Gasteiger partial charge in [0.15, 0.2) is 11.5 Å². The minimum Gasteiger partial charge on any atom is -0.302 e. The lowest BCUT2D eigenvalue weighted by atomic mass is 10.0. The van der Waals surface area contributed by atoms with E-state index in [0.717, 1.165) is 12.1 Å². The van der Waals surface area contributed by atoms with Crippen molar-refractivity contribution >= 4 is 49.4 Å². The summed E-state index contributed by atoms with van der Waals surface area (Å²) in [6.07, 6.45) is 2.11. The van der Waals surface area contributed by atoms with Crippen molar-refractivity contribution in [2.75, 3.05) is 10.5 Å². The maximum Gasteiger partial charge on any atom is 0.217 e. The number of hydrogen-bond acceptors (Lipinski definition) is 4. The highest BCUT2D eigenvalue weighted by Gasteiger charge is 2.25. The van der Waals surface area contributed by atoms with Crippen LogP contribution >= 0.6 is 15.9 Å². The molecular formula is C16H13BrF2N4O2S. The number of carbonyl (C=O) groups excluding carboxylic acids is 1. The first kappa shape index (κ1) is 18.6. The van der Waals surface area contributed by atoms with Gasteiger partial charge in [0.2, 0.25) is 5.78 Å². The summed E-state index contributed by atoms with van der Waals surface area (Å²) in [6, 6.07) is 3.64. The van der Waals surface area contributed by atoms with Gasteiger partial charge >= 0.3 is 0 Å². The lowest BCUT2D eigenvalue weighted by molar-refractivity contribution is 0.102. The number of aromatic amines is 1. The number of nitrogens with zero attached hydrogens (tertiary/aromatic N) is 2. The number of ketones is 1. The Kier molecular flexibility index (Phi) is 5.42. The Balaban J connectivity index is 2.06. The van der Waals surface area contributed by atoms with E-state index in [1.54, 1.807) is 6.07 Å². The number of benzene rings is 1. The molecule has 2 heterocycles. The normalized spacial score (nSPS) is 12.3. The molecule has 0 radical (unpaired) electrons.